The van der Waals surface area contributed by atoms with Crippen LogP contribution in [0.1, 0.15) is 17.2 Å². The summed E-state index contributed by atoms with van der Waals surface area (Å²) in [5.74, 6) is -0.230. The van der Waals surface area contributed by atoms with Crippen LogP contribution >= 0.6 is 0 Å². The van der Waals surface area contributed by atoms with Crippen molar-refractivity contribution in [2.24, 2.45) is 0 Å². The highest BCUT2D eigenvalue weighted by molar-refractivity contribution is 5.32. The van der Waals surface area contributed by atoms with E-state index in [1.165, 1.54) is 0 Å². The molecular weight excluding hydrogens is 186 g/mol. The van der Waals surface area contributed by atoms with E-state index in [0.29, 0.717) is 0 Å². The maximum atomic E-state index is 9.06. The minimum Gasteiger partial charge on any atom is -0.348 e. The number of hydrogen-bond acceptors (Lipinski definition) is 2. The smallest absolute Gasteiger partial charge is 0.0921 e. The second kappa shape index (κ2) is 4.43. The minimum atomic E-state index is -0.230. The zero-order valence-corrected chi connectivity index (χ0v) is 8.09. The van der Waals surface area contributed by atoms with E-state index in [2.05, 4.69) is 16.0 Å². The molecule has 2 rings (SSSR count). The van der Waals surface area contributed by atoms with Gasteiger partial charge in [-0.25, -0.2) is 4.98 Å². The Morgan fingerprint density at radius 3 is 2.73 bits per heavy atom. The van der Waals surface area contributed by atoms with E-state index >= 15 is 0 Å². The van der Waals surface area contributed by atoms with Crippen LogP contribution in [0.15, 0.2) is 42.9 Å². The van der Waals surface area contributed by atoms with Crippen molar-refractivity contribution in [3.05, 3.63) is 60.5 Å². The van der Waals surface area contributed by atoms with Gasteiger partial charge in [-0.3, -0.25) is 0 Å². The molecule has 0 aliphatic carbocycles. The molecular formula is C12H10N3. The lowest BCUT2D eigenvalue weighted by molar-refractivity contribution is 0.997. The molecule has 1 aromatic carbocycles. The van der Waals surface area contributed by atoms with Crippen LogP contribution in [-0.4, -0.2) is 9.97 Å². The summed E-state index contributed by atoms with van der Waals surface area (Å²) < 4.78 is 0. The van der Waals surface area contributed by atoms with E-state index in [9.17, 15) is 0 Å². The molecule has 0 aliphatic rings. The van der Waals surface area contributed by atoms with Gasteiger partial charge in [0.05, 0.1) is 18.3 Å². The lowest BCUT2D eigenvalue weighted by atomic mass is 9.96. The molecule has 73 valence electrons. The highest BCUT2D eigenvalue weighted by Crippen LogP contribution is 2.20. The molecule has 1 aromatic heterocycles. The van der Waals surface area contributed by atoms with Crippen LogP contribution < -0.4 is 0 Å². The summed E-state index contributed by atoms with van der Waals surface area (Å²) in [6.07, 6.45) is 5.17. The van der Waals surface area contributed by atoms with Crippen LogP contribution in [0, 0.1) is 17.8 Å². The number of imidazole rings is 1. The summed E-state index contributed by atoms with van der Waals surface area (Å²) >= 11 is 0. The third-order valence-corrected chi connectivity index (χ3v) is 2.16. The first-order valence-electron chi connectivity index (χ1n) is 4.68. The Morgan fingerprint density at radius 1 is 1.33 bits per heavy atom. The number of nitrogens with one attached hydrogen (secondary N) is 1. The van der Waals surface area contributed by atoms with Crippen molar-refractivity contribution < 1.29 is 0 Å². The number of aromatic amines is 1. The van der Waals surface area contributed by atoms with Crippen LogP contribution in [0.25, 0.3) is 0 Å². The lowest BCUT2D eigenvalue weighted by Gasteiger charge is -2.06. The molecule has 0 saturated heterocycles. The molecule has 1 N–H and O–H groups in total. The maximum Gasteiger partial charge on any atom is 0.0921 e. The molecule has 3 heteroatoms. The van der Waals surface area contributed by atoms with Crippen molar-refractivity contribution in [2.45, 2.75) is 5.92 Å². The summed E-state index contributed by atoms with van der Waals surface area (Å²) in [4.78, 5) is 6.86. The fourth-order valence-electron chi connectivity index (χ4n) is 1.41. The summed E-state index contributed by atoms with van der Waals surface area (Å²) in [5, 5.41) is 9.06. The van der Waals surface area contributed by atoms with Crippen LogP contribution in [0.2, 0.25) is 0 Å². The van der Waals surface area contributed by atoms with Crippen molar-refractivity contribution in [3.8, 4) is 6.07 Å². The predicted molar refractivity (Wildman–Crippen MR) is 56.8 cm³/mol. The van der Waals surface area contributed by atoms with Gasteiger partial charge in [0.1, 0.15) is 0 Å². The van der Waals surface area contributed by atoms with Crippen LogP contribution in [0.4, 0.5) is 0 Å². The number of benzene rings is 1. The van der Waals surface area contributed by atoms with Gasteiger partial charge < -0.3 is 4.98 Å². The number of H-pyrrole nitrogens is 1. The Balaban J connectivity index is 2.16. The van der Waals surface area contributed by atoms with E-state index in [0.717, 1.165) is 11.3 Å². The van der Waals surface area contributed by atoms with Gasteiger partial charge in [-0.05, 0) is 5.56 Å². The molecule has 2 aromatic rings. The van der Waals surface area contributed by atoms with Gasteiger partial charge in [0, 0.05) is 18.3 Å². The Hall–Kier alpha value is -2.08. The first kappa shape index (κ1) is 9.47. The molecule has 1 unspecified atom stereocenters. The number of rotatable bonds is 3. The fraction of sp³-hybridized carbons (Fsp3) is 0.0833. The number of aromatic nitrogens is 2. The molecule has 0 bridgehead atoms. The fourth-order valence-corrected chi connectivity index (χ4v) is 1.41. The van der Waals surface area contributed by atoms with Gasteiger partial charge in [-0.2, -0.15) is 5.26 Å². The van der Waals surface area contributed by atoms with Crippen LogP contribution in [0.3, 0.4) is 0 Å². The largest absolute Gasteiger partial charge is 0.348 e. The van der Waals surface area contributed by atoms with Gasteiger partial charge in [0.15, 0.2) is 0 Å². The zero-order valence-electron chi connectivity index (χ0n) is 8.09. The molecule has 1 radical (unpaired) electrons. The molecule has 15 heavy (non-hydrogen) atoms. The van der Waals surface area contributed by atoms with E-state index in [1.807, 2.05) is 36.8 Å². The molecule has 0 spiro atoms. The highest BCUT2D eigenvalue weighted by atomic mass is 14.9. The van der Waals surface area contributed by atoms with Crippen molar-refractivity contribution in [3.63, 3.8) is 0 Å². The Morgan fingerprint density at radius 2 is 2.13 bits per heavy atom. The maximum absolute atomic E-state index is 9.06. The first-order chi connectivity index (χ1) is 7.40. The third-order valence-electron chi connectivity index (χ3n) is 2.16. The topological polar surface area (TPSA) is 52.5 Å². The predicted octanol–water partition coefficient (Wildman–Crippen LogP) is 2.27. The molecule has 0 aliphatic heterocycles. The summed E-state index contributed by atoms with van der Waals surface area (Å²) in [7, 11) is 0. The molecule has 0 amide bonds. The Bertz CT molecular complexity index is 439. The van der Waals surface area contributed by atoms with Crippen LogP contribution in [0.5, 0.6) is 0 Å². The summed E-state index contributed by atoms with van der Waals surface area (Å²) in [6.45, 7) is 0. The van der Waals surface area contributed by atoms with E-state index in [1.54, 1.807) is 12.5 Å². The van der Waals surface area contributed by atoms with Crippen molar-refractivity contribution in [2.75, 3.05) is 0 Å². The highest BCUT2D eigenvalue weighted by Gasteiger charge is 2.11. The molecule has 1 heterocycles. The Labute approximate surface area is 88.4 Å². The van der Waals surface area contributed by atoms with Gasteiger partial charge in [-0.15, -0.1) is 0 Å². The van der Waals surface area contributed by atoms with Crippen LogP contribution in [-0.2, 0) is 0 Å². The quantitative estimate of drug-likeness (QED) is 0.818. The van der Waals surface area contributed by atoms with Gasteiger partial charge in [0.25, 0.3) is 0 Å². The van der Waals surface area contributed by atoms with Crippen molar-refractivity contribution in [1.82, 2.24) is 9.97 Å². The van der Waals surface area contributed by atoms with E-state index in [-0.39, 0.29) is 5.92 Å². The standard InChI is InChI=1S/C12H10N3/c13-7-11(6-12-8-14-9-15-12)10-4-2-1-3-5-10/h1-6,8-9,11H,(H,14,15). The number of nitriles is 1. The van der Waals surface area contributed by atoms with Crippen molar-refractivity contribution >= 4 is 0 Å². The second-order valence-electron chi connectivity index (χ2n) is 3.19. The molecule has 0 fully saturated rings. The average Bonchev–Trinajstić information content (AvgIpc) is 2.80. The van der Waals surface area contributed by atoms with Gasteiger partial charge in [-0.1, -0.05) is 30.3 Å². The van der Waals surface area contributed by atoms with E-state index in [4.69, 9.17) is 5.26 Å². The molecule has 1 atom stereocenters. The third kappa shape index (κ3) is 2.23. The SMILES string of the molecule is N#CC([CH]c1cnc[nH]1)c1ccccc1. The molecule has 0 saturated carbocycles. The second-order valence-corrected chi connectivity index (χ2v) is 3.19. The van der Waals surface area contributed by atoms with Crippen molar-refractivity contribution in [1.29, 1.82) is 5.26 Å². The van der Waals surface area contributed by atoms with E-state index < -0.39 is 0 Å². The monoisotopic (exact) mass is 196 g/mol. The zero-order chi connectivity index (χ0) is 10.5. The van der Waals surface area contributed by atoms with Gasteiger partial charge >= 0.3 is 0 Å². The normalized spacial score (nSPS) is 11.9. The number of hydrogen-bond donors (Lipinski definition) is 1. The Kier molecular flexibility index (Phi) is 2.80. The average molecular weight is 196 g/mol. The lowest BCUT2D eigenvalue weighted by Crippen LogP contribution is -1.97. The minimum absolute atomic E-state index is 0.230. The number of nitrogens with zero attached hydrogens (tertiary/aromatic N) is 2. The summed E-state index contributed by atoms with van der Waals surface area (Å²) in [5.41, 5.74) is 1.86. The van der Waals surface area contributed by atoms with Gasteiger partial charge in [0.2, 0.25) is 0 Å². The molecule has 3 nitrogen and oxygen atoms in total. The first-order valence-corrected chi connectivity index (χ1v) is 4.68. The summed E-state index contributed by atoms with van der Waals surface area (Å²) in [6, 6.07) is 11.9.